The van der Waals surface area contributed by atoms with Crippen LogP contribution in [0.5, 0.6) is 0 Å². The number of aromatic nitrogens is 4. The van der Waals surface area contributed by atoms with E-state index in [4.69, 9.17) is 8.94 Å². The van der Waals surface area contributed by atoms with E-state index in [9.17, 15) is 21.6 Å². The Balaban J connectivity index is 1.70. The Morgan fingerprint density at radius 1 is 1.03 bits per heavy atom. The number of nitrogens with zero attached hydrogens (tertiary/aromatic N) is 5. The zero-order valence-electron chi connectivity index (χ0n) is 20.3. The largest absolute Gasteiger partial charge is 0.445 e. The summed E-state index contributed by atoms with van der Waals surface area (Å²) in [5.41, 5.74) is 0.676. The monoisotopic (exact) mass is 543 g/mol. The zero-order chi connectivity index (χ0) is 27.2. The summed E-state index contributed by atoms with van der Waals surface area (Å²) < 4.78 is 80.1. The number of sulfonamides is 1. The van der Waals surface area contributed by atoms with Crippen LogP contribution in [-0.4, -0.2) is 35.4 Å². The van der Waals surface area contributed by atoms with Crippen LogP contribution in [0.4, 0.5) is 19.0 Å². The van der Waals surface area contributed by atoms with Crippen LogP contribution in [0.25, 0.3) is 28.3 Å². The first-order valence-corrected chi connectivity index (χ1v) is 12.6. The third-order valence-corrected chi connectivity index (χ3v) is 7.86. The molecule has 0 N–H and O–H groups in total. The summed E-state index contributed by atoms with van der Waals surface area (Å²) >= 11 is 0. The summed E-state index contributed by atoms with van der Waals surface area (Å²) in [5.74, 6) is 0.830. The Bertz CT molecular complexity index is 1720. The summed E-state index contributed by atoms with van der Waals surface area (Å²) in [7, 11) is -2.83. The summed E-state index contributed by atoms with van der Waals surface area (Å²) in [6.07, 6.45) is -0.706. The maximum Gasteiger partial charge on any atom is 0.435 e. The van der Waals surface area contributed by atoms with Crippen LogP contribution >= 0.6 is 0 Å². The highest BCUT2D eigenvalue weighted by atomic mass is 32.2. The number of alkyl halides is 3. The molecule has 0 unspecified atom stereocenters. The fourth-order valence-electron chi connectivity index (χ4n) is 3.93. The van der Waals surface area contributed by atoms with E-state index in [0.29, 0.717) is 22.5 Å². The van der Waals surface area contributed by atoms with Crippen LogP contribution in [0.15, 0.2) is 81.0 Å². The van der Waals surface area contributed by atoms with Crippen molar-refractivity contribution in [3.05, 3.63) is 84.2 Å². The van der Waals surface area contributed by atoms with E-state index in [0.717, 1.165) is 21.3 Å². The van der Waals surface area contributed by atoms with E-state index in [-0.39, 0.29) is 27.9 Å². The van der Waals surface area contributed by atoms with Gasteiger partial charge in [0.05, 0.1) is 16.8 Å². The minimum atomic E-state index is -4.66. The Kier molecular flexibility index (Phi) is 6.10. The van der Waals surface area contributed by atoms with E-state index in [1.54, 1.807) is 44.2 Å². The van der Waals surface area contributed by atoms with Crippen molar-refractivity contribution in [1.82, 2.24) is 19.9 Å². The second kappa shape index (κ2) is 9.17. The molecule has 2 aromatic carbocycles. The summed E-state index contributed by atoms with van der Waals surface area (Å²) in [6, 6.07) is 11.8. The van der Waals surface area contributed by atoms with Crippen LogP contribution in [0.1, 0.15) is 17.0 Å². The molecule has 13 heteroatoms. The maximum absolute atomic E-state index is 13.8. The molecule has 3 heterocycles. The van der Waals surface area contributed by atoms with Crippen molar-refractivity contribution in [3.8, 4) is 28.3 Å². The smallest absolute Gasteiger partial charge is 0.435 e. The third-order valence-electron chi connectivity index (χ3n) is 6.05. The predicted molar refractivity (Wildman–Crippen MR) is 131 cm³/mol. The minimum Gasteiger partial charge on any atom is -0.445 e. The van der Waals surface area contributed by atoms with E-state index in [1.165, 1.54) is 31.6 Å². The molecule has 5 aromatic rings. The van der Waals surface area contributed by atoms with Gasteiger partial charge in [-0.3, -0.25) is 0 Å². The molecule has 0 fully saturated rings. The molecule has 0 spiro atoms. The topological polar surface area (TPSA) is 107 Å². The Labute approximate surface area is 215 Å². The summed E-state index contributed by atoms with van der Waals surface area (Å²) in [5, 5.41) is 7.58. The van der Waals surface area contributed by atoms with Gasteiger partial charge in [0, 0.05) is 35.5 Å². The van der Waals surface area contributed by atoms with Crippen molar-refractivity contribution in [1.29, 1.82) is 0 Å². The zero-order valence-corrected chi connectivity index (χ0v) is 21.1. The molecule has 0 aliphatic heterocycles. The lowest BCUT2D eigenvalue weighted by Gasteiger charge is -2.20. The molecular formula is C25H20F3N5O4S. The molecule has 3 aromatic heterocycles. The van der Waals surface area contributed by atoms with Crippen molar-refractivity contribution < 1.29 is 30.5 Å². The number of aryl methyl sites for hydroxylation is 1. The Morgan fingerprint density at radius 2 is 1.79 bits per heavy atom. The van der Waals surface area contributed by atoms with Gasteiger partial charge in [0.1, 0.15) is 12.0 Å². The molecule has 0 atom stereocenters. The van der Waals surface area contributed by atoms with Gasteiger partial charge in [0.25, 0.3) is 10.0 Å². The van der Waals surface area contributed by atoms with Crippen molar-refractivity contribution in [3.63, 3.8) is 0 Å². The number of hydrogen-bond donors (Lipinski definition) is 0. The maximum atomic E-state index is 13.8. The van der Waals surface area contributed by atoms with Crippen LogP contribution in [0, 0.1) is 13.8 Å². The number of benzene rings is 2. The highest BCUT2D eigenvalue weighted by Crippen LogP contribution is 2.37. The van der Waals surface area contributed by atoms with E-state index in [2.05, 4.69) is 15.2 Å². The summed E-state index contributed by atoms with van der Waals surface area (Å²) in [6.45, 7) is 3.36. The number of hydrogen-bond acceptors (Lipinski definition) is 7. The lowest BCUT2D eigenvalue weighted by molar-refractivity contribution is -0.141. The first-order chi connectivity index (χ1) is 18.0. The van der Waals surface area contributed by atoms with Crippen molar-refractivity contribution in [2.75, 3.05) is 11.4 Å². The standard InChI is InChI=1S/C25H20F3N5O4S/c1-15-16(2)37-31-23(15)32(3)38(34,35)21-7-5-4-6-19(21)18-9-8-17(24-29-11-13-36-24)14-20(18)33-12-10-22(30-33)25(26,27)28/h4-14H,1-3H3. The number of anilines is 1. The Hall–Kier alpha value is -4.39. The van der Waals surface area contributed by atoms with Gasteiger partial charge in [-0.25, -0.2) is 22.4 Å². The lowest BCUT2D eigenvalue weighted by Crippen LogP contribution is -2.28. The number of rotatable bonds is 6. The van der Waals surface area contributed by atoms with Gasteiger partial charge in [0.15, 0.2) is 11.5 Å². The predicted octanol–water partition coefficient (Wildman–Crippen LogP) is 5.64. The number of halogens is 3. The highest BCUT2D eigenvalue weighted by Gasteiger charge is 2.34. The quantitative estimate of drug-likeness (QED) is 0.273. The van der Waals surface area contributed by atoms with Gasteiger partial charge < -0.3 is 8.94 Å². The second-order valence-electron chi connectivity index (χ2n) is 8.37. The first-order valence-electron chi connectivity index (χ1n) is 11.2. The van der Waals surface area contributed by atoms with E-state index in [1.807, 2.05) is 0 Å². The second-order valence-corrected chi connectivity index (χ2v) is 10.3. The van der Waals surface area contributed by atoms with Gasteiger partial charge in [-0.1, -0.05) is 29.4 Å². The van der Waals surface area contributed by atoms with Crippen molar-refractivity contribution in [2.24, 2.45) is 0 Å². The molecule has 196 valence electrons. The number of oxazole rings is 1. The average molecular weight is 544 g/mol. The molecule has 0 bridgehead atoms. The van der Waals surface area contributed by atoms with Crippen LogP contribution in [0.3, 0.4) is 0 Å². The first kappa shape index (κ1) is 25.3. The molecule has 5 rings (SSSR count). The lowest BCUT2D eigenvalue weighted by atomic mass is 10.0. The molecule has 0 radical (unpaired) electrons. The molecule has 0 aliphatic carbocycles. The molecule has 38 heavy (non-hydrogen) atoms. The summed E-state index contributed by atoms with van der Waals surface area (Å²) in [4.78, 5) is 4.01. The fraction of sp³-hybridized carbons (Fsp3) is 0.160. The fourth-order valence-corrected chi connectivity index (χ4v) is 5.33. The average Bonchev–Trinajstić information content (AvgIpc) is 3.66. The molecule has 0 amide bonds. The normalized spacial score (nSPS) is 12.2. The Morgan fingerprint density at radius 3 is 2.42 bits per heavy atom. The van der Waals surface area contributed by atoms with Gasteiger partial charge in [-0.05, 0) is 38.1 Å². The molecular weight excluding hydrogens is 523 g/mol. The van der Waals surface area contributed by atoms with Crippen molar-refractivity contribution in [2.45, 2.75) is 24.9 Å². The van der Waals surface area contributed by atoms with Crippen LogP contribution in [-0.2, 0) is 16.2 Å². The van der Waals surface area contributed by atoms with Gasteiger partial charge in [-0.15, -0.1) is 0 Å². The van der Waals surface area contributed by atoms with E-state index >= 15 is 0 Å². The van der Waals surface area contributed by atoms with Crippen molar-refractivity contribution >= 4 is 15.8 Å². The minimum absolute atomic E-state index is 0.0872. The molecule has 9 nitrogen and oxygen atoms in total. The van der Waals surface area contributed by atoms with Gasteiger partial charge in [-0.2, -0.15) is 18.3 Å². The van der Waals surface area contributed by atoms with Crippen LogP contribution < -0.4 is 4.31 Å². The third kappa shape index (κ3) is 4.34. The van der Waals surface area contributed by atoms with E-state index < -0.39 is 21.9 Å². The molecule has 0 saturated heterocycles. The van der Waals surface area contributed by atoms with Gasteiger partial charge in [0.2, 0.25) is 5.89 Å². The van der Waals surface area contributed by atoms with Gasteiger partial charge >= 0.3 is 6.18 Å². The SMILES string of the molecule is Cc1onc(N(C)S(=O)(=O)c2ccccc2-c2ccc(-c3ncco3)cc2-n2ccc(C(F)(F)F)n2)c1C. The molecule has 0 saturated carbocycles. The molecule has 0 aliphatic rings. The highest BCUT2D eigenvalue weighted by molar-refractivity contribution is 7.93. The van der Waals surface area contributed by atoms with Crippen LogP contribution in [0.2, 0.25) is 0 Å².